The van der Waals surface area contributed by atoms with Gasteiger partial charge in [0, 0.05) is 12.5 Å². The minimum absolute atomic E-state index is 0.109. The maximum Gasteiger partial charge on any atom is 0.254 e. The largest absolute Gasteiger partial charge is 0.393 e. The van der Waals surface area contributed by atoms with Crippen molar-refractivity contribution in [1.82, 2.24) is 5.32 Å². The van der Waals surface area contributed by atoms with Gasteiger partial charge in [-0.2, -0.15) is 0 Å². The number of hydrogen-bond donors (Lipinski definition) is 2. The molecule has 0 saturated heterocycles. The molecule has 6 heteroatoms. The number of thiocarbonyl (C=S) groups is 1. The number of hydrogen-bond acceptors (Lipinski definition) is 2. The summed E-state index contributed by atoms with van der Waals surface area (Å²) >= 11 is 16.8. The molecule has 0 aliphatic rings. The Balaban J connectivity index is 2.84. The summed E-state index contributed by atoms with van der Waals surface area (Å²) in [6.45, 7) is 1.94. The zero-order valence-corrected chi connectivity index (χ0v) is 12.2. The van der Waals surface area contributed by atoms with Crippen LogP contribution in [0.1, 0.15) is 30.1 Å². The Morgan fingerprint density at radius 2 is 2.00 bits per heavy atom. The Kier molecular flexibility index (Phi) is 5.85. The third-order valence-corrected chi connectivity index (χ3v) is 3.26. The number of carbonyl (C=O) groups is 1. The van der Waals surface area contributed by atoms with E-state index in [9.17, 15) is 4.79 Å². The standard InChI is InChI=1S/C12H14Cl2N2OS/c1-2-7(6-10(15)18)16-12(17)11-8(13)4-3-5-9(11)14/h3-5,7H,2,6H2,1H3,(H2,15,18)(H,16,17). The lowest BCUT2D eigenvalue weighted by Crippen LogP contribution is -2.37. The molecule has 3 N–H and O–H groups in total. The first kappa shape index (κ1) is 15.2. The van der Waals surface area contributed by atoms with Crippen LogP contribution >= 0.6 is 35.4 Å². The fourth-order valence-electron chi connectivity index (χ4n) is 1.51. The Morgan fingerprint density at radius 3 is 2.44 bits per heavy atom. The third-order valence-electron chi connectivity index (χ3n) is 2.47. The average Bonchev–Trinajstić information content (AvgIpc) is 2.27. The number of nitrogens with two attached hydrogens (primary N) is 1. The van der Waals surface area contributed by atoms with Crippen molar-refractivity contribution < 1.29 is 4.79 Å². The van der Waals surface area contributed by atoms with E-state index in [1.165, 1.54) is 0 Å². The van der Waals surface area contributed by atoms with E-state index < -0.39 is 0 Å². The van der Waals surface area contributed by atoms with Gasteiger partial charge in [-0.15, -0.1) is 0 Å². The highest BCUT2D eigenvalue weighted by Gasteiger charge is 2.18. The van der Waals surface area contributed by atoms with E-state index in [0.717, 1.165) is 6.42 Å². The molecule has 0 aliphatic carbocycles. The molecule has 0 fully saturated rings. The van der Waals surface area contributed by atoms with Gasteiger partial charge < -0.3 is 11.1 Å². The molecule has 98 valence electrons. The molecule has 3 nitrogen and oxygen atoms in total. The quantitative estimate of drug-likeness (QED) is 0.822. The molecule has 0 radical (unpaired) electrons. The molecule has 1 amide bonds. The Labute approximate surface area is 122 Å². The minimum Gasteiger partial charge on any atom is -0.393 e. The van der Waals surface area contributed by atoms with E-state index in [4.69, 9.17) is 41.2 Å². The summed E-state index contributed by atoms with van der Waals surface area (Å²) in [5.41, 5.74) is 5.75. The van der Waals surface area contributed by atoms with Crippen LogP contribution in [-0.2, 0) is 0 Å². The summed E-state index contributed by atoms with van der Waals surface area (Å²) in [5.74, 6) is -0.311. The Hall–Kier alpha value is -0.840. The number of rotatable bonds is 5. The average molecular weight is 305 g/mol. The van der Waals surface area contributed by atoms with Gasteiger partial charge in [0.2, 0.25) is 0 Å². The fourth-order valence-corrected chi connectivity index (χ4v) is 2.28. The zero-order valence-electron chi connectivity index (χ0n) is 9.87. The second-order valence-electron chi connectivity index (χ2n) is 3.85. The van der Waals surface area contributed by atoms with Crippen molar-refractivity contribution in [3.8, 4) is 0 Å². The maximum absolute atomic E-state index is 12.1. The predicted molar refractivity (Wildman–Crippen MR) is 79.4 cm³/mol. The minimum atomic E-state index is -0.311. The first-order valence-corrected chi connectivity index (χ1v) is 6.65. The van der Waals surface area contributed by atoms with E-state index in [1.54, 1.807) is 18.2 Å². The SMILES string of the molecule is CCC(CC(N)=S)NC(=O)c1c(Cl)cccc1Cl. The lowest BCUT2D eigenvalue weighted by Gasteiger charge is -2.17. The molecular weight excluding hydrogens is 291 g/mol. The van der Waals surface area contributed by atoms with Crippen LogP contribution in [0.2, 0.25) is 10.0 Å². The Bertz CT molecular complexity index is 445. The second-order valence-corrected chi connectivity index (χ2v) is 5.18. The van der Waals surface area contributed by atoms with Gasteiger partial charge in [0.1, 0.15) is 0 Å². The molecule has 0 aromatic heterocycles. The molecular formula is C12H14Cl2N2OS. The highest BCUT2D eigenvalue weighted by Crippen LogP contribution is 2.24. The summed E-state index contributed by atoms with van der Waals surface area (Å²) in [5, 5.41) is 3.47. The Morgan fingerprint density at radius 1 is 1.44 bits per heavy atom. The van der Waals surface area contributed by atoms with Gasteiger partial charge in [0.25, 0.3) is 5.91 Å². The highest BCUT2D eigenvalue weighted by molar-refractivity contribution is 7.80. The van der Waals surface area contributed by atoms with Gasteiger partial charge >= 0.3 is 0 Å². The van der Waals surface area contributed by atoms with Crippen molar-refractivity contribution in [2.75, 3.05) is 0 Å². The summed E-state index contributed by atoms with van der Waals surface area (Å²) < 4.78 is 0. The fraction of sp³-hybridized carbons (Fsp3) is 0.333. The van der Waals surface area contributed by atoms with Crippen LogP contribution in [0.3, 0.4) is 0 Å². The maximum atomic E-state index is 12.1. The van der Waals surface area contributed by atoms with E-state index >= 15 is 0 Å². The first-order valence-electron chi connectivity index (χ1n) is 5.48. The molecule has 1 atom stereocenters. The molecule has 0 spiro atoms. The lowest BCUT2D eigenvalue weighted by atomic mass is 10.1. The first-order chi connectivity index (χ1) is 8.45. The van der Waals surface area contributed by atoms with Gasteiger partial charge in [-0.3, -0.25) is 4.79 Å². The molecule has 1 aromatic rings. The van der Waals surface area contributed by atoms with Gasteiger partial charge in [-0.05, 0) is 18.6 Å². The molecule has 0 bridgehead atoms. The number of benzene rings is 1. The summed E-state index contributed by atoms with van der Waals surface area (Å²) in [7, 11) is 0. The van der Waals surface area contributed by atoms with Crippen LogP contribution in [0.5, 0.6) is 0 Å². The van der Waals surface area contributed by atoms with Crippen molar-refractivity contribution in [1.29, 1.82) is 0 Å². The van der Waals surface area contributed by atoms with Crippen LogP contribution in [0.15, 0.2) is 18.2 Å². The molecule has 0 saturated carbocycles. The van der Waals surface area contributed by atoms with Crippen molar-refractivity contribution in [2.45, 2.75) is 25.8 Å². The second kappa shape index (κ2) is 6.92. The van der Waals surface area contributed by atoms with Crippen molar-refractivity contribution in [2.24, 2.45) is 5.73 Å². The normalized spacial score (nSPS) is 11.9. The highest BCUT2D eigenvalue weighted by atomic mass is 35.5. The van der Waals surface area contributed by atoms with Crippen LogP contribution in [0.4, 0.5) is 0 Å². The summed E-state index contributed by atoms with van der Waals surface area (Å²) in [4.78, 5) is 12.4. The topological polar surface area (TPSA) is 55.1 Å². The number of carbonyl (C=O) groups excluding carboxylic acids is 1. The van der Waals surface area contributed by atoms with Gasteiger partial charge in [-0.25, -0.2) is 0 Å². The number of nitrogens with one attached hydrogen (secondary N) is 1. The molecule has 1 aromatic carbocycles. The predicted octanol–water partition coefficient (Wildman–Crippen LogP) is 3.18. The van der Waals surface area contributed by atoms with Crippen LogP contribution in [0.25, 0.3) is 0 Å². The number of halogens is 2. The lowest BCUT2D eigenvalue weighted by molar-refractivity contribution is 0.0937. The van der Waals surface area contributed by atoms with Gasteiger partial charge in [0.05, 0.1) is 20.6 Å². The van der Waals surface area contributed by atoms with Crippen molar-refractivity contribution in [3.63, 3.8) is 0 Å². The van der Waals surface area contributed by atoms with E-state index in [0.29, 0.717) is 21.5 Å². The van der Waals surface area contributed by atoms with Crippen LogP contribution in [-0.4, -0.2) is 16.9 Å². The molecule has 0 heterocycles. The van der Waals surface area contributed by atoms with Crippen LogP contribution in [0, 0.1) is 0 Å². The van der Waals surface area contributed by atoms with Gasteiger partial charge in [-0.1, -0.05) is 48.4 Å². The third kappa shape index (κ3) is 4.12. The van der Waals surface area contributed by atoms with E-state index in [1.807, 2.05) is 6.92 Å². The van der Waals surface area contributed by atoms with E-state index in [-0.39, 0.29) is 17.5 Å². The molecule has 1 rings (SSSR count). The summed E-state index contributed by atoms with van der Waals surface area (Å²) in [6.07, 6.45) is 1.19. The number of amides is 1. The van der Waals surface area contributed by atoms with Crippen molar-refractivity contribution in [3.05, 3.63) is 33.8 Å². The molecule has 1 unspecified atom stereocenters. The van der Waals surface area contributed by atoms with Crippen LogP contribution < -0.4 is 11.1 Å². The summed E-state index contributed by atoms with van der Waals surface area (Å²) in [6, 6.07) is 4.82. The molecule has 18 heavy (non-hydrogen) atoms. The monoisotopic (exact) mass is 304 g/mol. The van der Waals surface area contributed by atoms with Crippen molar-refractivity contribution >= 4 is 46.3 Å². The zero-order chi connectivity index (χ0) is 13.7. The van der Waals surface area contributed by atoms with E-state index in [2.05, 4.69) is 5.32 Å². The van der Waals surface area contributed by atoms with Gasteiger partial charge in [0.15, 0.2) is 0 Å². The smallest absolute Gasteiger partial charge is 0.254 e. The molecule has 0 aliphatic heterocycles.